The molecular formula is C58H78BIN4O20Si2. The lowest BCUT2D eigenvalue weighted by Gasteiger charge is -2.37. The van der Waals surface area contributed by atoms with E-state index in [1.54, 1.807) is 23.3 Å². The molecule has 5 saturated heterocycles. The van der Waals surface area contributed by atoms with Crippen molar-refractivity contribution in [1.82, 2.24) is 10.1 Å². The molecule has 0 aromatic heterocycles. The van der Waals surface area contributed by atoms with Gasteiger partial charge < -0.3 is 48.4 Å². The zero-order chi connectivity index (χ0) is 64.0. The second kappa shape index (κ2) is 28.7. The lowest BCUT2D eigenvalue weighted by atomic mass is 9.78. The van der Waals surface area contributed by atoms with E-state index in [0.29, 0.717) is 30.9 Å². The summed E-state index contributed by atoms with van der Waals surface area (Å²) in [6, 6.07) is 21.1. The number of nitro benzene ring substituents is 2. The van der Waals surface area contributed by atoms with Crippen molar-refractivity contribution in [3.8, 4) is 11.1 Å². The van der Waals surface area contributed by atoms with Crippen LogP contribution in [-0.2, 0) is 55.4 Å². The number of hydroxylamine groups is 4. The molecule has 5 N–H and O–H groups in total. The number of fused-ring (bicyclic) bond motifs is 2. The van der Waals surface area contributed by atoms with Crippen LogP contribution >= 0.6 is 22.6 Å². The third-order valence-electron chi connectivity index (χ3n) is 16.7. The number of hydrogen-bond acceptors (Lipinski definition) is 20. The molecule has 0 spiro atoms. The number of nitro groups is 2. The van der Waals surface area contributed by atoms with Gasteiger partial charge in [0.05, 0.1) is 70.1 Å². The SMILES string of the molecule is C[C@@H]1OC(=O)[C@@H]2[C@H]1[C@H](CO[Si](C)(C)C(C)(C)C)ON2Cc1cccc(-c2ccc(C(=O)O)cc2[N+](=O)[O-])c1.C[C@@H]1OC(=O)[C@@H]2[C@H]1[C@H](CO[Si](C)(C)C(C)(C)C)ON2Cc1cccc(I)c1.O=C(O)c1ccc(B(O)O)c([N+](=O)[O-])c1.OC1CCCO1. The first kappa shape index (κ1) is 69.5. The summed E-state index contributed by atoms with van der Waals surface area (Å²) in [4.78, 5) is 80.3. The monoisotopic (exact) mass is 1340 g/mol. The summed E-state index contributed by atoms with van der Waals surface area (Å²) < 4.78 is 29.8. The molecule has 24 nitrogen and oxygen atoms in total. The first-order valence-corrected chi connectivity index (χ1v) is 35.0. The maximum absolute atomic E-state index is 12.8. The lowest BCUT2D eigenvalue weighted by Crippen LogP contribution is -2.44. The van der Waals surface area contributed by atoms with Gasteiger partial charge in [0.15, 0.2) is 22.9 Å². The van der Waals surface area contributed by atoms with Gasteiger partial charge in [-0.25, -0.2) is 9.59 Å². The molecule has 4 aromatic rings. The number of halogens is 1. The van der Waals surface area contributed by atoms with Crippen molar-refractivity contribution in [3.63, 3.8) is 0 Å². The van der Waals surface area contributed by atoms with Gasteiger partial charge >= 0.3 is 31.0 Å². The van der Waals surface area contributed by atoms with Crippen LogP contribution in [0.2, 0.25) is 36.3 Å². The molecule has 28 heteroatoms. The van der Waals surface area contributed by atoms with Gasteiger partial charge in [-0.2, -0.15) is 10.1 Å². The highest BCUT2D eigenvalue weighted by atomic mass is 127. The van der Waals surface area contributed by atoms with Gasteiger partial charge in [-0.15, -0.1) is 0 Å². The first-order chi connectivity index (χ1) is 40.0. The third-order valence-corrected chi connectivity index (χ3v) is 26.3. The smallest absolute Gasteiger partial charge is 0.478 e. The van der Waals surface area contributed by atoms with E-state index < -0.39 is 63.6 Å². The average molecular weight is 1350 g/mol. The number of nitrogens with zero attached hydrogens (tertiary/aromatic N) is 4. The van der Waals surface area contributed by atoms with E-state index in [9.17, 15) is 44.5 Å². The zero-order valence-electron chi connectivity index (χ0n) is 50.3. The van der Waals surface area contributed by atoms with Crippen LogP contribution in [0.3, 0.4) is 0 Å². The van der Waals surface area contributed by atoms with E-state index in [1.807, 2.05) is 31.0 Å². The predicted molar refractivity (Wildman–Crippen MR) is 329 cm³/mol. The van der Waals surface area contributed by atoms with Crippen LogP contribution in [0.25, 0.3) is 11.1 Å². The number of aliphatic hydroxyl groups is 1. The number of carbonyl (C=O) groups excluding carboxylic acids is 2. The molecule has 86 heavy (non-hydrogen) atoms. The molecule has 0 bridgehead atoms. The van der Waals surface area contributed by atoms with E-state index in [-0.39, 0.29) is 93.1 Å². The third kappa shape index (κ3) is 17.2. The van der Waals surface area contributed by atoms with Crippen LogP contribution in [0.5, 0.6) is 0 Å². The Kier molecular flexibility index (Phi) is 23.2. The topological polar surface area (TPSA) is 327 Å². The van der Waals surface area contributed by atoms with E-state index in [4.69, 9.17) is 53.0 Å². The molecule has 5 aliphatic rings. The normalized spacial score (nSPS) is 23.7. The average Bonchev–Trinajstić information content (AvgIpc) is 2.05. The summed E-state index contributed by atoms with van der Waals surface area (Å²) in [5.41, 5.74) is 1.04. The van der Waals surface area contributed by atoms with E-state index >= 15 is 0 Å². The summed E-state index contributed by atoms with van der Waals surface area (Å²) >= 11 is 2.30. The van der Waals surface area contributed by atoms with E-state index in [0.717, 1.165) is 54.8 Å². The lowest BCUT2D eigenvalue weighted by molar-refractivity contribution is -0.384. The number of aromatic carboxylic acids is 2. The van der Waals surface area contributed by atoms with Gasteiger partial charge in [-0.3, -0.25) is 39.5 Å². The Morgan fingerprint density at radius 2 is 1.15 bits per heavy atom. The second-order valence-electron chi connectivity index (χ2n) is 24.7. The van der Waals surface area contributed by atoms with Gasteiger partial charge in [0, 0.05) is 28.7 Å². The predicted octanol–water partition coefficient (Wildman–Crippen LogP) is 8.47. The molecule has 5 fully saturated rings. The van der Waals surface area contributed by atoms with Crippen molar-refractivity contribution in [2.75, 3.05) is 19.8 Å². The number of carboxylic acids is 2. The van der Waals surface area contributed by atoms with Crippen molar-refractivity contribution in [2.45, 2.75) is 160 Å². The highest BCUT2D eigenvalue weighted by molar-refractivity contribution is 14.1. The highest BCUT2D eigenvalue weighted by Gasteiger charge is 2.58. The first-order valence-electron chi connectivity index (χ1n) is 28.1. The number of esters is 2. The van der Waals surface area contributed by atoms with Crippen LogP contribution in [-0.4, -0.2) is 156 Å². The van der Waals surface area contributed by atoms with Crippen molar-refractivity contribution in [3.05, 3.63) is 131 Å². The molecular weight excluding hydrogens is 1270 g/mol. The maximum atomic E-state index is 12.8. The van der Waals surface area contributed by atoms with Gasteiger partial charge in [0.1, 0.15) is 36.5 Å². The molecule has 5 heterocycles. The van der Waals surface area contributed by atoms with Crippen LogP contribution in [0, 0.1) is 35.6 Å². The Morgan fingerprint density at radius 1 is 0.698 bits per heavy atom. The largest absolute Gasteiger partial charge is 0.495 e. The van der Waals surface area contributed by atoms with Crippen molar-refractivity contribution in [1.29, 1.82) is 0 Å². The number of ether oxygens (including phenoxy) is 3. The fraction of sp³-hybridized carbons (Fsp3) is 0.517. The minimum atomic E-state index is -2.04. The Hall–Kier alpha value is -5.61. The Bertz CT molecular complexity index is 3100. The Labute approximate surface area is 515 Å². The molecule has 1 unspecified atom stereocenters. The number of benzene rings is 4. The van der Waals surface area contributed by atoms with Gasteiger partial charge in [0.25, 0.3) is 11.4 Å². The fourth-order valence-corrected chi connectivity index (χ4v) is 12.5. The molecule has 9 atom stereocenters. The molecule has 0 radical (unpaired) electrons. The number of cyclic esters (lactones) is 2. The molecule has 0 amide bonds. The number of carbonyl (C=O) groups is 4. The van der Waals surface area contributed by atoms with Crippen molar-refractivity contribution < 1.29 is 87.1 Å². The van der Waals surface area contributed by atoms with Crippen LogP contribution in [0.15, 0.2) is 84.9 Å². The standard InChI is InChI=1S/C27H34N2O8Si.C20H30INO4Si.C7H6BNO6.C4H8O2/c1-16-23-22(15-35-38(5,6)27(2,3)4)37-28(24(23)26(32)36-16)14-17-8-7-9-18(12-17)20-11-10-19(25(30)31)13-21(20)29(33)34;1-13-17-16(12-24-27(5,6)20(2,3)4)26-22(18(17)19(23)25-13)11-14-8-7-9-15(21)10-14;10-7(11)4-1-2-5(8(12)13)6(3-4)9(14)15;5-4-2-1-3-6-4/h7-13,16,22-24H,14-15H2,1-6H3,(H,30,31);7-10,13,16-18H,11-12H2,1-6H3;1-3,12-13H,(H,10,11);4-5H,1-3H2/t16-,22-,23+,24-;13-,16-,17+,18-;;/m00../s1. The van der Waals surface area contributed by atoms with E-state index in [2.05, 4.69) is 109 Å². The molecule has 468 valence electrons. The Morgan fingerprint density at radius 3 is 1.55 bits per heavy atom. The van der Waals surface area contributed by atoms with Crippen LogP contribution in [0.1, 0.15) is 100 Å². The number of rotatable bonds is 16. The summed E-state index contributed by atoms with van der Waals surface area (Å²) in [7, 11) is -5.93. The second-order valence-corrected chi connectivity index (χ2v) is 35.6. The van der Waals surface area contributed by atoms with Gasteiger partial charge in [-0.05, 0) is 132 Å². The van der Waals surface area contributed by atoms with E-state index in [1.165, 1.54) is 15.7 Å². The summed E-state index contributed by atoms with van der Waals surface area (Å²) in [6.07, 6.45) is 0.409. The Balaban J connectivity index is 0.000000212. The zero-order valence-corrected chi connectivity index (χ0v) is 54.5. The maximum Gasteiger partial charge on any atom is 0.495 e. The molecule has 0 aliphatic carbocycles. The number of hydrogen-bond donors (Lipinski definition) is 5. The van der Waals surface area contributed by atoms with Gasteiger partial charge in [-0.1, -0.05) is 77.9 Å². The minimum Gasteiger partial charge on any atom is -0.478 e. The van der Waals surface area contributed by atoms with Crippen LogP contribution < -0.4 is 5.46 Å². The number of carboxylic acid groups (broad SMARTS) is 2. The quantitative estimate of drug-likeness (QED) is 0.0231. The van der Waals surface area contributed by atoms with Gasteiger partial charge in [0.2, 0.25) is 0 Å². The summed E-state index contributed by atoms with van der Waals surface area (Å²) in [6.45, 7) is 28.3. The molecule has 0 saturated carbocycles. The van der Waals surface area contributed by atoms with Crippen molar-refractivity contribution in [2.24, 2.45) is 11.8 Å². The molecule has 9 rings (SSSR count). The fourth-order valence-electron chi connectivity index (χ4n) is 9.81. The summed E-state index contributed by atoms with van der Waals surface area (Å²) in [5.74, 6) is -3.26. The van der Waals surface area contributed by atoms with Crippen LogP contribution in [0.4, 0.5) is 11.4 Å². The molecule has 4 aromatic carbocycles. The van der Waals surface area contributed by atoms with Crippen molar-refractivity contribution >= 4 is 87.1 Å². The number of aliphatic hydroxyl groups excluding tert-OH is 1. The summed E-state index contributed by atoms with van der Waals surface area (Å²) in [5, 5.41) is 69.7. The highest BCUT2D eigenvalue weighted by Crippen LogP contribution is 2.44. The molecule has 5 aliphatic heterocycles. The minimum absolute atomic E-state index is 0.00468.